The molecule has 1 aliphatic heterocycles. The highest BCUT2D eigenvalue weighted by Crippen LogP contribution is 2.46. The minimum atomic E-state index is -4.70. The zero-order valence-corrected chi connectivity index (χ0v) is 24.6. The molecule has 1 amide bonds. The summed E-state index contributed by atoms with van der Waals surface area (Å²) in [6.45, 7) is 0.900. The van der Waals surface area contributed by atoms with E-state index < -0.39 is 72.5 Å². The lowest BCUT2D eigenvalue weighted by Crippen LogP contribution is -2.60. The number of esters is 1. The van der Waals surface area contributed by atoms with Gasteiger partial charge in [-0.25, -0.2) is 4.79 Å². The minimum absolute atomic E-state index is 0.00396. The van der Waals surface area contributed by atoms with Crippen LogP contribution in [-0.2, 0) is 23.9 Å². The lowest BCUT2D eigenvalue weighted by Gasteiger charge is -2.38. The van der Waals surface area contributed by atoms with Gasteiger partial charge in [0.2, 0.25) is 12.2 Å². The summed E-state index contributed by atoms with van der Waals surface area (Å²) in [7, 11) is 0. The highest BCUT2D eigenvalue weighted by Gasteiger charge is 2.49. The number of amides is 1. The lowest BCUT2D eigenvalue weighted by molar-refractivity contribution is -0.286. The van der Waals surface area contributed by atoms with Crippen LogP contribution >= 0.6 is 23.2 Å². The second-order valence-electron chi connectivity index (χ2n) is 11.0. The smallest absolute Gasteiger partial charge is 0.392 e. The summed E-state index contributed by atoms with van der Waals surface area (Å²) in [5, 5.41) is 42.0. The molecule has 240 valence electrons. The number of aliphatic carboxylic acids is 1. The normalized spacial score (nSPS) is 25.9. The third-order valence-corrected chi connectivity index (χ3v) is 8.42. The van der Waals surface area contributed by atoms with Gasteiger partial charge in [0.25, 0.3) is 0 Å². The number of rotatable bonds is 10. The van der Waals surface area contributed by atoms with Crippen LogP contribution in [0.25, 0.3) is 0 Å². The van der Waals surface area contributed by atoms with Crippen molar-refractivity contribution in [1.82, 2.24) is 0 Å². The molecule has 4 rings (SSSR count). The Morgan fingerprint density at radius 3 is 2.18 bits per heavy atom. The van der Waals surface area contributed by atoms with Crippen molar-refractivity contribution in [2.24, 2.45) is 11.8 Å². The number of hydrogen-bond donors (Lipinski definition) is 5. The number of carbonyl (C=O) groups is 3. The van der Waals surface area contributed by atoms with Crippen molar-refractivity contribution in [2.75, 3.05) is 5.32 Å². The van der Waals surface area contributed by atoms with E-state index in [-0.39, 0.29) is 33.6 Å². The van der Waals surface area contributed by atoms with Gasteiger partial charge >= 0.3 is 18.1 Å². The van der Waals surface area contributed by atoms with E-state index >= 15 is 0 Å². The van der Waals surface area contributed by atoms with Gasteiger partial charge in [-0.15, -0.1) is 0 Å². The first-order valence-electron chi connectivity index (χ1n) is 13.6. The number of carboxylic acid groups (broad SMARTS) is 1. The Morgan fingerprint density at radius 1 is 1.00 bits per heavy atom. The molecule has 0 aromatic heterocycles. The quantitative estimate of drug-likeness (QED) is 0.234. The number of alkyl halides is 3. The standard InChI is InChI=1S/C29H30Cl2F3NO9/c1-12(29(32,33)34)21(14-4-7-16(30)8-5-14)26(40)35-19-10-15(6-9-18(19)31)17(13-2-3-13)11-20(36)43-28-24(39)22(37)23(38)25(44-28)27(41)42/h4-10,12-13,17,21-25,28,37-39H,2-3,11H2,1H3,(H,35,40)(H,41,42)/t12-,17+,21+,22+,23+,24-,25+,28?/m1/s1. The van der Waals surface area contributed by atoms with Crippen molar-refractivity contribution in [3.05, 3.63) is 63.6 Å². The van der Waals surface area contributed by atoms with E-state index in [2.05, 4.69) is 5.32 Å². The number of carboxylic acids is 1. The van der Waals surface area contributed by atoms with E-state index in [1.54, 1.807) is 6.07 Å². The Hall–Kier alpha value is -2.94. The fourth-order valence-corrected chi connectivity index (χ4v) is 5.46. The predicted octanol–water partition coefficient (Wildman–Crippen LogP) is 4.23. The maximum absolute atomic E-state index is 13.8. The van der Waals surface area contributed by atoms with Crippen LogP contribution < -0.4 is 5.32 Å². The summed E-state index contributed by atoms with van der Waals surface area (Å²) in [5.41, 5.74) is 0.631. The number of hydrogen-bond acceptors (Lipinski definition) is 8. The average molecular weight is 664 g/mol. The van der Waals surface area contributed by atoms with E-state index in [4.69, 9.17) is 32.7 Å². The van der Waals surface area contributed by atoms with Gasteiger partial charge in [0.05, 0.1) is 29.0 Å². The summed E-state index contributed by atoms with van der Waals surface area (Å²) < 4.78 is 51.5. The van der Waals surface area contributed by atoms with E-state index in [0.717, 1.165) is 19.8 Å². The van der Waals surface area contributed by atoms with Gasteiger partial charge in [-0.1, -0.05) is 48.3 Å². The number of aliphatic hydroxyl groups is 3. The van der Waals surface area contributed by atoms with E-state index in [1.165, 1.54) is 36.4 Å². The van der Waals surface area contributed by atoms with Crippen LogP contribution in [-0.4, -0.2) is 75.2 Å². The second kappa shape index (κ2) is 13.6. The zero-order valence-electron chi connectivity index (χ0n) is 23.1. The molecule has 1 heterocycles. The molecular weight excluding hydrogens is 634 g/mol. The molecule has 2 aliphatic rings. The SMILES string of the molecule is C[C@H]([C@H](C(=O)Nc1cc([C@@H](CC(=O)OC2O[C@H](C(=O)O)[C@@H](O)[C@H](O)[C@H]2O)C2CC2)ccc1Cl)c1ccc(Cl)cc1)C(F)(F)F. The van der Waals surface area contributed by atoms with Gasteiger partial charge in [0.15, 0.2) is 6.10 Å². The van der Waals surface area contributed by atoms with Crippen molar-refractivity contribution >= 4 is 46.7 Å². The molecule has 1 saturated carbocycles. The summed E-state index contributed by atoms with van der Waals surface area (Å²) in [4.78, 5) is 37.6. The molecule has 1 aliphatic carbocycles. The monoisotopic (exact) mass is 663 g/mol. The van der Waals surface area contributed by atoms with E-state index in [0.29, 0.717) is 5.56 Å². The van der Waals surface area contributed by atoms with Gasteiger partial charge in [-0.05, 0) is 60.1 Å². The summed E-state index contributed by atoms with van der Waals surface area (Å²) in [5.74, 6) is -7.72. The maximum Gasteiger partial charge on any atom is 0.392 e. The third kappa shape index (κ3) is 7.82. The molecule has 10 nitrogen and oxygen atoms in total. The number of halogens is 5. The Kier molecular flexibility index (Phi) is 10.5. The van der Waals surface area contributed by atoms with Gasteiger partial charge in [0.1, 0.15) is 18.3 Å². The van der Waals surface area contributed by atoms with Crippen molar-refractivity contribution in [1.29, 1.82) is 0 Å². The number of ether oxygens (including phenoxy) is 2. The van der Waals surface area contributed by atoms with Gasteiger partial charge in [-0.3, -0.25) is 9.59 Å². The topological polar surface area (TPSA) is 163 Å². The number of benzene rings is 2. The Labute approximate surface area is 259 Å². The lowest BCUT2D eigenvalue weighted by atomic mass is 9.85. The third-order valence-electron chi connectivity index (χ3n) is 7.84. The highest BCUT2D eigenvalue weighted by atomic mass is 35.5. The van der Waals surface area contributed by atoms with Gasteiger partial charge in [-0.2, -0.15) is 13.2 Å². The minimum Gasteiger partial charge on any atom is -0.479 e. The van der Waals surface area contributed by atoms with Crippen LogP contribution in [0, 0.1) is 11.8 Å². The first-order chi connectivity index (χ1) is 20.6. The Balaban J connectivity index is 1.53. The Morgan fingerprint density at radius 2 is 1.61 bits per heavy atom. The Bertz CT molecular complexity index is 1370. The predicted molar refractivity (Wildman–Crippen MR) is 150 cm³/mol. The van der Waals surface area contributed by atoms with Crippen molar-refractivity contribution in [3.63, 3.8) is 0 Å². The van der Waals surface area contributed by atoms with Crippen LogP contribution in [0.5, 0.6) is 0 Å². The van der Waals surface area contributed by atoms with Crippen LogP contribution in [0.15, 0.2) is 42.5 Å². The van der Waals surface area contributed by atoms with E-state index in [9.17, 15) is 48.0 Å². The molecule has 1 saturated heterocycles. The first kappa shape index (κ1) is 33.9. The van der Waals surface area contributed by atoms with Gasteiger partial charge < -0.3 is 35.2 Å². The van der Waals surface area contributed by atoms with Crippen LogP contribution in [0.3, 0.4) is 0 Å². The molecule has 0 bridgehead atoms. The molecule has 0 spiro atoms. The van der Waals surface area contributed by atoms with Gasteiger partial charge in [0, 0.05) is 5.02 Å². The van der Waals surface area contributed by atoms with E-state index in [1.807, 2.05) is 0 Å². The maximum atomic E-state index is 13.8. The number of anilines is 1. The summed E-state index contributed by atoms with van der Waals surface area (Å²) in [6, 6.07) is 9.93. The number of nitrogens with one attached hydrogen (secondary N) is 1. The first-order valence-corrected chi connectivity index (χ1v) is 14.4. The van der Waals surface area contributed by atoms with Crippen molar-refractivity contribution in [2.45, 2.75) is 74.9 Å². The van der Waals surface area contributed by atoms with Crippen molar-refractivity contribution < 1.29 is 57.5 Å². The molecule has 5 N–H and O–H groups in total. The average Bonchev–Trinajstić information content (AvgIpc) is 3.79. The highest BCUT2D eigenvalue weighted by molar-refractivity contribution is 6.33. The molecule has 2 aromatic rings. The molecule has 2 aromatic carbocycles. The number of aliphatic hydroxyl groups excluding tert-OH is 3. The molecule has 15 heteroatoms. The fourth-order valence-electron chi connectivity index (χ4n) is 5.17. The molecule has 2 fully saturated rings. The number of carbonyl (C=O) groups excluding carboxylic acids is 2. The summed E-state index contributed by atoms with van der Waals surface area (Å²) >= 11 is 12.2. The molecule has 44 heavy (non-hydrogen) atoms. The fraction of sp³-hybridized carbons (Fsp3) is 0.483. The molecule has 8 atom stereocenters. The van der Waals surface area contributed by atoms with Crippen LogP contribution in [0.4, 0.5) is 18.9 Å². The second-order valence-corrected chi connectivity index (χ2v) is 11.8. The largest absolute Gasteiger partial charge is 0.479 e. The molecular formula is C29H30Cl2F3NO9. The molecule has 0 radical (unpaired) electrons. The summed E-state index contributed by atoms with van der Waals surface area (Å²) in [6.07, 6.45) is -13.2. The van der Waals surface area contributed by atoms with Crippen LogP contribution in [0.2, 0.25) is 10.0 Å². The zero-order chi connectivity index (χ0) is 32.5. The molecule has 1 unspecified atom stereocenters. The van der Waals surface area contributed by atoms with Crippen molar-refractivity contribution in [3.8, 4) is 0 Å². The van der Waals surface area contributed by atoms with Crippen LogP contribution in [0.1, 0.15) is 49.1 Å².